The van der Waals surface area contributed by atoms with Crippen molar-refractivity contribution in [3.63, 3.8) is 0 Å². The van der Waals surface area contributed by atoms with Crippen molar-refractivity contribution in [2.24, 2.45) is 11.8 Å². The second kappa shape index (κ2) is 6.52. The molecule has 0 radical (unpaired) electrons. The third-order valence-electron chi connectivity index (χ3n) is 4.71. The summed E-state index contributed by atoms with van der Waals surface area (Å²) in [5, 5.41) is 2.98. The van der Waals surface area contributed by atoms with E-state index in [-0.39, 0.29) is 23.8 Å². The zero-order valence-electron chi connectivity index (χ0n) is 13.2. The highest BCUT2D eigenvalue weighted by Gasteiger charge is 2.47. The smallest absolute Gasteiger partial charge is 0.226 e. The predicted molar refractivity (Wildman–Crippen MR) is 87.0 cm³/mol. The fraction of sp³-hybridized carbons (Fsp3) is 0.412. The van der Waals surface area contributed by atoms with Crippen LogP contribution in [0.5, 0.6) is 0 Å². The average molecular weight is 325 g/mol. The van der Waals surface area contributed by atoms with E-state index in [0.29, 0.717) is 13.2 Å². The van der Waals surface area contributed by atoms with Crippen molar-refractivity contribution in [1.29, 1.82) is 0 Å². The summed E-state index contributed by atoms with van der Waals surface area (Å²) < 4.78 is 5.85. The van der Waals surface area contributed by atoms with E-state index in [2.05, 4.69) is 25.2 Å². The lowest BCUT2D eigenvalue weighted by Crippen LogP contribution is -2.36. The Morgan fingerprint density at radius 1 is 1.25 bits per heavy atom. The predicted octanol–water partition coefficient (Wildman–Crippen LogP) is 0.639. The first kappa shape index (κ1) is 15.0. The molecule has 7 nitrogen and oxygen atoms in total. The third-order valence-corrected chi connectivity index (χ3v) is 4.71. The van der Waals surface area contributed by atoms with E-state index in [4.69, 9.17) is 4.74 Å². The van der Waals surface area contributed by atoms with Crippen LogP contribution in [0.3, 0.4) is 0 Å². The summed E-state index contributed by atoms with van der Waals surface area (Å²) in [5.74, 6) is 1.00. The molecule has 1 amide bonds. The molecule has 2 aliphatic heterocycles. The van der Waals surface area contributed by atoms with E-state index in [1.54, 1.807) is 18.7 Å². The average Bonchev–Trinajstić information content (AvgIpc) is 3.22. The van der Waals surface area contributed by atoms with E-state index in [1.807, 2.05) is 24.3 Å². The van der Waals surface area contributed by atoms with Crippen LogP contribution in [0.15, 0.2) is 43.0 Å². The van der Waals surface area contributed by atoms with E-state index in [9.17, 15) is 4.79 Å². The van der Waals surface area contributed by atoms with Gasteiger partial charge in [0.15, 0.2) is 0 Å². The molecule has 3 atom stereocenters. The number of nitrogens with one attached hydrogen (secondary N) is 1. The van der Waals surface area contributed by atoms with Crippen LogP contribution in [0.4, 0.5) is 5.82 Å². The fourth-order valence-electron chi connectivity index (χ4n) is 3.45. The highest BCUT2D eigenvalue weighted by molar-refractivity contribution is 5.79. The third kappa shape index (κ3) is 2.94. The van der Waals surface area contributed by atoms with Gasteiger partial charge in [-0.3, -0.25) is 9.78 Å². The van der Waals surface area contributed by atoms with Gasteiger partial charge in [-0.25, -0.2) is 9.97 Å². The summed E-state index contributed by atoms with van der Waals surface area (Å²) >= 11 is 0. The lowest BCUT2D eigenvalue weighted by molar-refractivity contribution is -0.126. The molecule has 4 heterocycles. The molecule has 0 saturated carbocycles. The normalized spacial score (nSPS) is 25.5. The second-order valence-corrected chi connectivity index (χ2v) is 6.15. The zero-order chi connectivity index (χ0) is 16.4. The van der Waals surface area contributed by atoms with Gasteiger partial charge in [-0.2, -0.15) is 0 Å². The molecule has 0 bridgehead atoms. The number of hydrogen-bond donors (Lipinski definition) is 1. The molecular formula is C17H19N5O2. The zero-order valence-corrected chi connectivity index (χ0v) is 13.2. The maximum absolute atomic E-state index is 12.5. The van der Waals surface area contributed by atoms with Gasteiger partial charge >= 0.3 is 0 Å². The summed E-state index contributed by atoms with van der Waals surface area (Å²) in [6, 6.07) is 7.57. The number of nitrogens with zero attached hydrogens (tertiary/aromatic N) is 4. The van der Waals surface area contributed by atoms with Gasteiger partial charge in [-0.15, -0.1) is 0 Å². The number of carbonyl (C=O) groups excluding carboxylic acids is 1. The minimum Gasteiger partial charge on any atom is -0.375 e. The van der Waals surface area contributed by atoms with Crippen molar-refractivity contribution in [2.75, 3.05) is 24.6 Å². The Morgan fingerprint density at radius 2 is 2.21 bits per heavy atom. The molecule has 4 rings (SSSR count). The highest BCUT2D eigenvalue weighted by Crippen LogP contribution is 2.35. The van der Waals surface area contributed by atoms with Crippen LogP contribution >= 0.6 is 0 Å². The van der Waals surface area contributed by atoms with Crippen LogP contribution in [0, 0.1) is 11.8 Å². The van der Waals surface area contributed by atoms with Crippen molar-refractivity contribution >= 4 is 11.7 Å². The molecule has 2 aromatic heterocycles. The Hall–Kier alpha value is -2.54. The molecule has 2 aliphatic rings. The van der Waals surface area contributed by atoms with Gasteiger partial charge in [0.2, 0.25) is 5.91 Å². The van der Waals surface area contributed by atoms with Crippen molar-refractivity contribution in [1.82, 2.24) is 20.3 Å². The van der Waals surface area contributed by atoms with Gasteiger partial charge in [0.1, 0.15) is 12.1 Å². The molecule has 2 saturated heterocycles. The number of ether oxygens (including phenoxy) is 1. The maximum atomic E-state index is 12.5. The maximum Gasteiger partial charge on any atom is 0.226 e. The molecule has 24 heavy (non-hydrogen) atoms. The lowest BCUT2D eigenvalue weighted by Gasteiger charge is -2.20. The first-order valence-electron chi connectivity index (χ1n) is 8.11. The van der Waals surface area contributed by atoms with Gasteiger partial charge in [0.05, 0.1) is 30.9 Å². The van der Waals surface area contributed by atoms with E-state index in [0.717, 1.165) is 24.6 Å². The summed E-state index contributed by atoms with van der Waals surface area (Å²) in [6.45, 7) is 2.49. The first-order chi connectivity index (χ1) is 11.8. The Balaban J connectivity index is 1.38. The van der Waals surface area contributed by atoms with Crippen molar-refractivity contribution in [2.45, 2.75) is 12.6 Å². The van der Waals surface area contributed by atoms with Crippen molar-refractivity contribution in [3.05, 3.63) is 48.7 Å². The number of anilines is 1. The number of carbonyl (C=O) groups is 1. The van der Waals surface area contributed by atoms with Gasteiger partial charge in [0, 0.05) is 31.4 Å². The van der Waals surface area contributed by atoms with Gasteiger partial charge in [0.25, 0.3) is 0 Å². The van der Waals surface area contributed by atoms with Gasteiger partial charge in [-0.05, 0) is 18.2 Å². The number of hydrogen-bond acceptors (Lipinski definition) is 6. The monoisotopic (exact) mass is 325 g/mol. The summed E-state index contributed by atoms with van der Waals surface area (Å²) in [6.07, 6.45) is 5.09. The Kier molecular flexibility index (Phi) is 4.08. The van der Waals surface area contributed by atoms with E-state index >= 15 is 0 Å². The number of pyridine rings is 1. The largest absolute Gasteiger partial charge is 0.375 e. The fourth-order valence-corrected chi connectivity index (χ4v) is 3.45. The van der Waals surface area contributed by atoms with Crippen LogP contribution in [-0.2, 0) is 16.1 Å². The van der Waals surface area contributed by atoms with Gasteiger partial charge in [-0.1, -0.05) is 6.07 Å². The van der Waals surface area contributed by atoms with Crippen molar-refractivity contribution < 1.29 is 9.53 Å². The molecule has 124 valence electrons. The molecule has 2 fully saturated rings. The summed E-state index contributed by atoms with van der Waals surface area (Å²) in [4.78, 5) is 27.2. The van der Waals surface area contributed by atoms with Gasteiger partial charge < -0.3 is 15.0 Å². The lowest BCUT2D eigenvalue weighted by atomic mass is 9.92. The molecule has 1 N–H and O–H groups in total. The summed E-state index contributed by atoms with van der Waals surface area (Å²) in [5.41, 5.74) is 0.857. The molecule has 0 aromatic carbocycles. The van der Waals surface area contributed by atoms with Crippen LogP contribution in [-0.4, -0.2) is 46.7 Å². The minimum atomic E-state index is -0.120. The molecule has 0 unspecified atom stereocenters. The Labute approximate surface area is 140 Å². The summed E-state index contributed by atoms with van der Waals surface area (Å²) in [7, 11) is 0. The Morgan fingerprint density at radius 3 is 3.00 bits per heavy atom. The molecule has 0 aliphatic carbocycles. The number of rotatable bonds is 4. The topological polar surface area (TPSA) is 80.2 Å². The standard InChI is InChI=1S/C17H19N5O2/c23-17(20-7-12-3-1-2-5-19-12)14-10-24-15-9-22(8-13(14)15)16-4-6-18-11-21-16/h1-6,11,13-15H,7-10H2,(H,20,23)/t13-,14+,15-/m0/s1. The SMILES string of the molecule is O=C(NCc1ccccn1)[C@@H]1CO[C@H]2CN(c3ccncn3)C[C@H]21. The molecule has 2 aromatic rings. The van der Waals surface area contributed by atoms with Crippen LogP contribution in [0.2, 0.25) is 0 Å². The quantitative estimate of drug-likeness (QED) is 0.888. The number of aromatic nitrogens is 3. The second-order valence-electron chi connectivity index (χ2n) is 6.15. The molecule has 0 spiro atoms. The minimum absolute atomic E-state index is 0.0395. The number of fused-ring (bicyclic) bond motifs is 1. The van der Waals surface area contributed by atoms with Crippen LogP contribution in [0.1, 0.15) is 5.69 Å². The molecule has 7 heteroatoms. The van der Waals surface area contributed by atoms with Crippen LogP contribution in [0.25, 0.3) is 0 Å². The van der Waals surface area contributed by atoms with E-state index < -0.39 is 0 Å². The Bertz CT molecular complexity index is 697. The van der Waals surface area contributed by atoms with Crippen molar-refractivity contribution in [3.8, 4) is 0 Å². The highest BCUT2D eigenvalue weighted by atomic mass is 16.5. The first-order valence-corrected chi connectivity index (χ1v) is 8.11. The number of amides is 1. The van der Waals surface area contributed by atoms with E-state index in [1.165, 1.54) is 0 Å². The van der Waals surface area contributed by atoms with Crippen LogP contribution < -0.4 is 10.2 Å². The molecular weight excluding hydrogens is 306 g/mol.